The van der Waals surface area contributed by atoms with Crippen LogP contribution in [0.1, 0.15) is 233 Å². The topological polar surface area (TPSA) is 265 Å². The number of anilines is 1. The van der Waals surface area contributed by atoms with Gasteiger partial charge in [0.05, 0.1) is 13.2 Å². The van der Waals surface area contributed by atoms with Crippen molar-refractivity contribution in [1.82, 2.24) is 9.55 Å². The zero-order valence-corrected chi connectivity index (χ0v) is 45.7. The van der Waals surface area contributed by atoms with Crippen molar-refractivity contribution in [3.05, 3.63) is 22.7 Å². The number of rotatable bonds is 45. The zero-order valence-electron chi connectivity index (χ0n) is 43.9. The zero-order chi connectivity index (χ0) is 52.3. The molecule has 1 aromatic heterocycles. The highest BCUT2D eigenvalue weighted by Gasteiger charge is 2.46. The predicted octanol–water partition coefficient (Wildman–Crippen LogP) is 11.6. The lowest BCUT2D eigenvalue weighted by Crippen LogP contribution is -2.36. The van der Waals surface area contributed by atoms with Crippen LogP contribution in [0.25, 0.3) is 0 Å². The SMILES string of the molecule is CCC(C)CCCCCCCCCCCCCCCCCCCCC(=O)OC[C@H](COP(=O)(O)OP(=O)(O)OC[C@H]1O[C@@H](n2ccc(N)nc2=O)C(O)[C@H]1O)OC(=O)CCCCCCCCCCC(C)C. The number of ether oxygens (including phenoxy) is 3. The molecule has 0 radical (unpaired) electrons. The molecule has 414 valence electrons. The third kappa shape index (κ3) is 32.0. The number of nitrogen functional groups attached to an aromatic ring is 1. The Morgan fingerprint density at radius 1 is 0.676 bits per heavy atom. The van der Waals surface area contributed by atoms with Gasteiger partial charge in [-0.2, -0.15) is 9.29 Å². The van der Waals surface area contributed by atoms with E-state index in [4.69, 9.17) is 29.0 Å². The Hall–Kier alpha value is -2.24. The van der Waals surface area contributed by atoms with Gasteiger partial charge in [0, 0.05) is 19.0 Å². The van der Waals surface area contributed by atoms with Gasteiger partial charge in [0.25, 0.3) is 0 Å². The molecule has 1 fully saturated rings. The van der Waals surface area contributed by atoms with Crippen molar-refractivity contribution in [3.63, 3.8) is 0 Å². The third-order valence-corrected chi connectivity index (χ3v) is 15.8. The molecule has 2 rings (SSSR count). The molecule has 6 N–H and O–H groups in total. The van der Waals surface area contributed by atoms with Crippen LogP contribution in [0.4, 0.5) is 5.82 Å². The number of phosphoric acid groups is 2. The second-order valence-corrected chi connectivity index (χ2v) is 23.2. The highest BCUT2D eigenvalue weighted by atomic mass is 31.3. The molecule has 8 atom stereocenters. The summed E-state index contributed by atoms with van der Waals surface area (Å²) < 4.78 is 56.8. The number of nitrogens with zero attached hydrogens (tertiary/aromatic N) is 2. The lowest BCUT2D eigenvalue weighted by atomic mass is 9.99. The van der Waals surface area contributed by atoms with E-state index >= 15 is 0 Å². The molecular weight excluding hydrogens is 957 g/mol. The maximum Gasteiger partial charge on any atom is 0.481 e. The minimum atomic E-state index is -5.42. The summed E-state index contributed by atoms with van der Waals surface area (Å²) in [7, 11) is -10.8. The largest absolute Gasteiger partial charge is 0.481 e. The monoisotopic (exact) mass is 1050 g/mol. The van der Waals surface area contributed by atoms with Crippen molar-refractivity contribution in [2.45, 2.75) is 257 Å². The first-order valence-electron chi connectivity index (χ1n) is 27.3. The molecule has 0 saturated carbocycles. The van der Waals surface area contributed by atoms with Crippen LogP contribution in [-0.4, -0.2) is 85.7 Å². The number of unbranched alkanes of at least 4 members (excludes halogenated alkanes) is 24. The lowest BCUT2D eigenvalue weighted by molar-refractivity contribution is -0.161. The summed E-state index contributed by atoms with van der Waals surface area (Å²) in [5.74, 6) is 0.308. The second kappa shape index (κ2) is 38.3. The van der Waals surface area contributed by atoms with E-state index in [1.54, 1.807) is 0 Å². The normalized spacial score (nSPS) is 19.6. The quantitative estimate of drug-likeness (QED) is 0.0231. The second-order valence-electron chi connectivity index (χ2n) is 20.2. The van der Waals surface area contributed by atoms with E-state index < -0.39 is 83.7 Å². The summed E-state index contributed by atoms with van der Waals surface area (Å²) in [6, 6.07) is 1.25. The van der Waals surface area contributed by atoms with Gasteiger partial charge >= 0.3 is 33.3 Å². The molecule has 1 aromatic rings. The van der Waals surface area contributed by atoms with Gasteiger partial charge < -0.3 is 39.9 Å². The van der Waals surface area contributed by atoms with Gasteiger partial charge in [-0.05, 0) is 30.7 Å². The first-order chi connectivity index (χ1) is 33.9. The number of carbonyl (C=O) groups is 2. The molecule has 20 heteroatoms. The van der Waals surface area contributed by atoms with E-state index in [9.17, 15) is 43.5 Å². The van der Waals surface area contributed by atoms with E-state index in [1.165, 1.54) is 141 Å². The van der Waals surface area contributed by atoms with Gasteiger partial charge in [-0.1, -0.05) is 201 Å². The van der Waals surface area contributed by atoms with E-state index in [1.807, 2.05) is 0 Å². The average molecular weight is 1050 g/mol. The summed E-state index contributed by atoms with van der Waals surface area (Å²) in [5.41, 5.74) is 4.60. The number of phosphoric ester groups is 2. The number of aromatic nitrogens is 2. The van der Waals surface area contributed by atoms with Crippen molar-refractivity contribution < 1.29 is 66.3 Å². The number of hydrogen-bond donors (Lipinski definition) is 5. The Kier molecular flexibility index (Phi) is 35.0. The summed E-state index contributed by atoms with van der Waals surface area (Å²) >= 11 is 0. The summed E-state index contributed by atoms with van der Waals surface area (Å²) in [5, 5.41) is 20.9. The Balaban J connectivity index is 1.72. The van der Waals surface area contributed by atoms with Gasteiger partial charge in [0.15, 0.2) is 12.3 Å². The van der Waals surface area contributed by atoms with Crippen LogP contribution in [0.15, 0.2) is 17.1 Å². The first kappa shape index (κ1) is 64.9. The molecule has 0 bridgehead atoms. The van der Waals surface area contributed by atoms with Crippen LogP contribution in [0.3, 0.4) is 0 Å². The third-order valence-electron chi connectivity index (χ3n) is 13.2. The molecule has 0 aromatic carbocycles. The highest BCUT2D eigenvalue weighted by molar-refractivity contribution is 7.61. The van der Waals surface area contributed by atoms with E-state index in [-0.39, 0.29) is 18.7 Å². The molecule has 4 unspecified atom stereocenters. The molecule has 71 heavy (non-hydrogen) atoms. The van der Waals surface area contributed by atoms with E-state index in [0.29, 0.717) is 18.8 Å². The number of aliphatic hydroxyl groups excluding tert-OH is 2. The molecule has 1 aliphatic rings. The Morgan fingerprint density at radius 2 is 1.13 bits per heavy atom. The minimum absolute atomic E-state index is 0.0545. The van der Waals surface area contributed by atoms with Crippen LogP contribution in [0.2, 0.25) is 0 Å². The molecule has 0 spiro atoms. The summed E-state index contributed by atoms with van der Waals surface area (Å²) in [6.45, 7) is 6.81. The van der Waals surface area contributed by atoms with Crippen LogP contribution < -0.4 is 11.4 Å². The Bertz CT molecular complexity index is 1720. The molecule has 1 aliphatic heterocycles. The molecule has 2 heterocycles. The molecule has 0 amide bonds. The van der Waals surface area contributed by atoms with Crippen LogP contribution >= 0.6 is 15.6 Å². The van der Waals surface area contributed by atoms with Crippen molar-refractivity contribution in [1.29, 1.82) is 0 Å². The molecular formula is C51H95N3O15P2. The lowest BCUT2D eigenvalue weighted by Gasteiger charge is -2.21. The van der Waals surface area contributed by atoms with Gasteiger partial charge in [0.1, 0.15) is 30.7 Å². The maximum absolute atomic E-state index is 12.8. The molecule has 1 saturated heterocycles. The smallest absolute Gasteiger partial charge is 0.462 e. The fourth-order valence-electron chi connectivity index (χ4n) is 8.54. The standard InChI is InChI=1S/C51H95N3O15P2/c1-5-42(4)33-29-25-21-16-14-12-10-8-6-7-9-11-13-15-17-22-26-30-34-46(55)64-38-43(67-47(56)35-31-27-23-19-18-20-24-28-32-41(2)3)39-65-70(60,61)69-71(62,63)66-40-44-48(57)49(58)50(68-44)54-37-36-45(52)53-51(54)59/h36-37,41-44,48-50,57-58H,5-35,38-40H2,1-4H3,(H,60,61)(H,62,63)(H2,52,53,59)/t42?,43-,44-,48+,49?,50-/m1/s1. The Morgan fingerprint density at radius 3 is 1.61 bits per heavy atom. The van der Waals surface area contributed by atoms with Gasteiger partial charge in [-0.25, -0.2) is 13.9 Å². The fraction of sp³-hybridized carbons (Fsp3) is 0.882. The first-order valence-corrected chi connectivity index (χ1v) is 30.3. The minimum Gasteiger partial charge on any atom is -0.462 e. The fourth-order valence-corrected chi connectivity index (χ4v) is 10.6. The Labute approximate surface area is 425 Å². The van der Waals surface area contributed by atoms with E-state index in [2.05, 4.69) is 37.0 Å². The van der Waals surface area contributed by atoms with Gasteiger partial charge in [-0.3, -0.25) is 23.2 Å². The number of esters is 2. The number of nitrogens with two attached hydrogens (primary N) is 1. The molecule has 18 nitrogen and oxygen atoms in total. The van der Waals surface area contributed by atoms with Crippen LogP contribution in [0.5, 0.6) is 0 Å². The highest BCUT2D eigenvalue weighted by Crippen LogP contribution is 2.60. The molecule has 0 aliphatic carbocycles. The predicted molar refractivity (Wildman–Crippen MR) is 275 cm³/mol. The van der Waals surface area contributed by atoms with E-state index in [0.717, 1.165) is 55.4 Å². The van der Waals surface area contributed by atoms with Gasteiger partial charge in [0.2, 0.25) is 0 Å². The average Bonchev–Trinajstić information content (AvgIpc) is 3.59. The number of hydrogen-bond acceptors (Lipinski definition) is 15. The summed E-state index contributed by atoms with van der Waals surface area (Å²) in [6.07, 6.45) is 27.8. The van der Waals surface area contributed by atoms with Crippen molar-refractivity contribution in [3.8, 4) is 0 Å². The van der Waals surface area contributed by atoms with Crippen molar-refractivity contribution in [2.24, 2.45) is 11.8 Å². The summed E-state index contributed by atoms with van der Waals surface area (Å²) in [4.78, 5) is 61.9. The van der Waals surface area contributed by atoms with Crippen LogP contribution in [0, 0.1) is 11.8 Å². The van der Waals surface area contributed by atoms with Crippen molar-refractivity contribution >= 4 is 33.4 Å². The maximum atomic E-state index is 12.8. The number of carbonyl (C=O) groups excluding carboxylic acids is 2. The number of aliphatic hydroxyl groups is 2. The van der Waals surface area contributed by atoms with Gasteiger partial charge in [-0.15, -0.1) is 0 Å². The van der Waals surface area contributed by atoms with Crippen LogP contribution in [-0.2, 0) is 46.3 Å². The van der Waals surface area contributed by atoms with Crippen molar-refractivity contribution in [2.75, 3.05) is 25.6 Å².